The van der Waals surface area contributed by atoms with Gasteiger partial charge in [-0.2, -0.15) is 4.98 Å². The fraction of sp³-hybridized carbons (Fsp3) is 0.444. The zero-order valence-electron chi connectivity index (χ0n) is 14.8. The molecule has 0 radical (unpaired) electrons. The van der Waals surface area contributed by atoms with Gasteiger partial charge in [-0.15, -0.1) is 0 Å². The molecule has 0 aromatic carbocycles. The molecule has 25 heavy (non-hydrogen) atoms. The smallest absolute Gasteiger partial charge is 0.348 e. The van der Waals surface area contributed by atoms with E-state index in [0.717, 1.165) is 36.2 Å². The summed E-state index contributed by atoms with van der Waals surface area (Å²) < 4.78 is 6.82. The Balaban J connectivity index is 1.71. The first-order valence-corrected chi connectivity index (χ1v) is 8.39. The number of pyridine rings is 1. The maximum absolute atomic E-state index is 12.5. The van der Waals surface area contributed by atoms with Crippen molar-refractivity contribution in [1.82, 2.24) is 19.9 Å². The van der Waals surface area contributed by atoms with Gasteiger partial charge in [0.05, 0.1) is 7.11 Å². The van der Waals surface area contributed by atoms with Gasteiger partial charge in [0.1, 0.15) is 5.56 Å². The van der Waals surface area contributed by atoms with E-state index in [1.807, 2.05) is 19.1 Å². The lowest BCUT2D eigenvalue weighted by molar-refractivity contribution is 0.0948. The number of nitrogens with zero attached hydrogens (tertiary/aromatic N) is 3. The Labute approximate surface area is 146 Å². The van der Waals surface area contributed by atoms with Gasteiger partial charge in [0.2, 0.25) is 5.88 Å². The van der Waals surface area contributed by atoms with Crippen molar-refractivity contribution in [3.63, 3.8) is 0 Å². The van der Waals surface area contributed by atoms with Gasteiger partial charge in [0.15, 0.2) is 0 Å². The van der Waals surface area contributed by atoms with Crippen LogP contribution in [-0.4, -0.2) is 34.1 Å². The normalized spacial score (nSPS) is 12.8. The Kier molecular flexibility index (Phi) is 4.83. The Bertz CT molecular complexity index is 873. The van der Waals surface area contributed by atoms with Crippen LogP contribution in [0.4, 0.5) is 0 Å². The summed E-state index contributed by atoms with van der Waals surface area (Å²) in [6.45, 7) is 4.33. The number of hydrogen-bond donors (Lipinski definition) is 1. The van der Waals surface area contributed by atoms with Crippen molar-refractivity contribution in [2.45, 2.75) is 39.7 Å². The average Bonchev–Trinajstić information content (AvgIpc) is 3.03. The molecule has 2 heterocycles. The Morgan fingerprint density at radius 1 is 1.28 bits per heavy atom. The summed E-state index contributed by atoms with van der Waals surface area (Å²) in [6.07, 6.45) is 2.92. The molecule has 1 aliphatic carbocycles. The topological polar surface area (TPSA) is 86.1 Å². The Morgan fingerprint density at radius 2 is 2.08 bits per heavy atom. The second-order valence-corrected chi connectivity index (χ2v) is 6.23. The quantitative estimate of drug-likeness (QED) is 0.882. The Morgan fingerprint density at radius 3 is 2.80 bits per heavy atom. The second-order valence-electron chi connectivity index (χ2n) is 6.23. The van der Waals surface area contributed by atoms with Gasteiger partial charge in [-0.3, -0.25) is 9.36 Å². The highest BCUT2D eigenvalue weighted by atomic mass is 16.5. The molecule has 2 aromatic heterocycles. The largest absolute Gasteiger partial charge is 0.480 e. The summed E-state index contributed by atoms with van der Waals surface area (Å²) in [5.41, 5.74) is 3.78. The molecule has 1 amide bonds. The van der Waals surface area contributed by atoms with Crippen LogP contribution in [0.15, 0.2) is 16.9 Å². The maximum atomic E-state index is 12.5. The minimum absolute atomic E-state index is 0.246. The fourth-order valence-corrected chi connectivity index (χ4v) is 3.19. The van der Waals surface area contributed by atoms with Crippen molar-refractivity contribution < 1.29 is 9.53 Å². The standard InChI is InChI=1S/C18H22N4O3/c1-11-9-12(2)22(18(24)20-11)8-7-19-16(23)14-10-13-5-4-6-15(13)21-17(14)25-3/h9-10H,4-8H2,1-3H3,(H,19,23). The zero-order chi connectivity index (χ0) is 18.0. The van der Waals surface area contributed by atoms with E-state index in [1.54, 1.807) is 11.5 Å². The SMILES string of the molecule is COc1nc2c(cc1C(=O)NCCn1c(C)cc(C)nc1=O)CCC2. The molecule has 0 atom stereocenters. The van der Waals surface area contributed by atoms with Gasteiger partial charge in [-0.05, 0) is 50.8 Å². The maximum Gasteiger partial charge on any atom is 0.348 e. The first-order chi connectivity index (χ1) is 12.0. The molecule has 0 saturated heterocycles. The van der Waals surface area contributed by atoms with Crippen molar-refractivity contribution in [3.8, 4) is 5.88 Å². The van der Waals surface area contributed by atoms with E-state index < -0.39 is 0 Å². The van der Waals surface area contributed by atoms with Gasteiger partial charge >= 0.3 is 5.69 Å². The minimum Gasteiger partial charge on any atom is -0.480 e. The third-order valence-electron chi connectivity index (χ3n) is 4.42. The predicted molar refractivity (Wildman–Crippen MR) is 93.1 cm³/mol. The highest BCUT2D eigenvalue weighted by Gasteiger charge is 2.20. The molecule has 0 unspecified atom stereocenters. The van der Waals surface area contributed by atoms with Gasteiger partial charge in [0.25, 0.3) is 5.91 Å². The molecule has 0 fully saturated rings. The fourth-order valence-electron chi connectivity index (χ4n) is 3.19. The average molecular weight is 342 g/mol. The van der Waals surface area contributed by atoms with Crippen molar-refractivity contribution in [1.29, 1.82) is 0 Å². The first-order valence-electron chi connectivity index (χ1n) is 8.39. The zero-order valence-corrected chi connectivity index (χ0v) is 14.8. The van der Waals surface area contributed by atoms with Crippen LogP contribution in [0.25, 0.3) is 0 Å². The predicted octanol–water partition coefficient (Wildman–Crippen LogP) is 1.18. The molecular formula is C18H22N4O3. The first kappa shape index (κ1) is 17.1. The lowest BCUT2D eigenvalue weighted by Crippen LogP contribution is -2.33. The van der Waals surface area contributed by atoms with Crippen LogP contribution in [0.2, 0.25) is 0 Å². The van der Waals surface area contributed by atoms with Crippen LogP contribution in [0.3, 0.4) is 0 Å². The van der Waals surface area contributed by atoms with Crippen LogP contribution in [0.5, 0.6) is 5.88 Å². The van der Waals surface area contributed by atoms with Crippen molar-refractivity contribution in [3.05, 3.63) is 50.8 Å². The van der Waals surface area contributed by atoms with E-state index in [9.17, 15) is 9.59 Å². The monoisotopic (exact) mass is 342 g/mol. The molecular weight excluding hydrogens is 320 g/mol. The molecule has 1 N–H and O–H groups in total. The number of nitrogens with one attached hydrogen (secondary N) is 1. The number of ether oxygens (including phenoxy) is 1. The van der Waals surface area contributed by atoms with E-state index >= 15 is 0 Å². The third-order valence-corrected chi connectivity index (χ3v) is 4.42. The second kappa shape index (κ2) is 7.04. The molecule has 0 aliphatic heterocycles. The van der Waals surface area contributed by atoms with Crippen LogP contribution in [-0.2, 0) is 19.4 Å². The van der Waals surface area contributed by atoms with Gasteiger partial charge in [0, 0.05) is 30.2 Å². The van der Waals surface area contributed by atoms with E-state index in [1.165, 1.54) is 7.11 Å². The number of aromatic nitrogens is 3. The molecule has 1 aliphatic rings. The molecule has 7 nitrogen and oxygen atoms in total. The summed E-state index contributed by atoms with van der Waals surface area (Å²) in [6, 6.07) is 3.71. The number of fused-ring (bicyclic) bond motifs is 1. The minimum atomic E-state index is -0.302. The molecule has 0 bridgehead atoms. The molecule has 0 saturated carbocycles. The molecule has 3 rings (SSSR count). The Hall–Kier alpha value is -2.70. The lowest BCUT2D eigenvalue weighted by Gasteiger charge is -2.12. The number of aryl methyl sites for hydroxylation is 4. The summed E-state index contributed by atoms with van der Waals surface area (Å²) in [4.78, 5) is 32.8. The number of methoxy groups -OCH3 is 1. The van der Waals surface area contributed by atoms with Crippen molar-refractivity contribution >= 4 is 5.91 Å². The molecule has 132 valence electrons. The number of rotatable bonds is 5. The third kappa shape index (κ3) is 3.55. The van der Waals surface area contributed by atoms with Crippen molar-refractivity contribution in [2.75, 3.05) is 13.7 Å². The number of carbonyl (C=O) groups excluding carboxylic acids is 1. The summed E-state index contributed by atoms with van der Waals surface area (Å²) >= 11 is 0. The van der Waals surface area contributed by atoms with E-state index in [-0.39, 0.29) is 11.6 Å². The number of carbonyl (C=O) groups is 1. The molecule has 0 spiro atoms. The van der Waals surface area contributed by atoms with Crippen LogP contribution < -0.4 is 15.7 Å². The van der Waals surface area contributed by atoms with Crippen LogP contribution in [0.1, 0.15) is 39.4 Å². The molecule has 2 aromatic rings. The highest BCUT2D eigenvalue weighted by molar-refractivity contribution is 5.96. The summed E-state index contributed by atoms with van der Waals surface area (Å²) in [5, 5.41) is 2.84. The van der Waals surface area contributed by atoms with Crippen LogP contribution in [0, 0.1) is 13.8 Å². The summed E-state index contributed by atoms with van der Waals surface area (Å²) in [7, 11) is 1.52. The van der Waals surface area contributed by atoms with Crippen molar-refractivity contribution in [2.24, 2.45) is 0 Å². The number of amides is 1. The van der Waals surface area contributed by atoms with E-state index in [0.29, 0.717) is 30.2 Å². The van der Waals surface area contributed by atoms with E-state index in [2.05, 4.69) is 15.3 Å². The lowest BCUT2D eigenvalue weighted by atomic mass is 10.1. The highest BCUT2D eigenvalue weighted by Crippen LogP contribution is 2.26. The van der Waals surface area contributed by atoms with Crippen LogP contribution >= 0.6 is 0 Å². The van der Waals surface area contributed by atoms with Gasteiger partial charge < -0.3 is 10.1 Å². The van der Waals surface area contributed by atoms with Gasteiger partial charge in [-0.1, -0.05) is 0 Å². The summed E-state index contributed by atoms with van der Waals surface area (Å²) in [5.74, 6) is 0.105. The number of hydrogen-bond acceptors (Lipinski definition) is 5. The van der Waals surface area contributed by atoms with E-state index in [4.69, 9.17) is 4.74 Å². The molecule has 7 heteroatoms. The van der Waals surface area contributed by atoms with Gasteiger partial charge in [-0.25, -0.2) is 9.78 Å².